The Labute approximate surface area is 158 Å². The maximum atomic E-state index is 13.3. The zero-order valence-corrected chi connectivity index (χ0v) is 14.9. The van der Waals surface area contributed by atoms with Gasteiger partial charge in [0.15, 0.2) is 5.69 Å². The molecule has 8 nitrogen and oxygen atoms in total. The van der Waals surface area contributed by atoms with Crippen molar-refractivity contribution in [3.63, 3.8) is 0 Å². The van der Waals surface area contributed by atoms with Gasteiger partial charge in [0.2, 0.25) is 17.3 Å². The van der Waals surface area contributed by atoms with Gasteiger partial charge >= 0.3 is 12.0 Å². The molecule has 1 saturated heterocycles. The van der Waals surface area contributed by atoms with Crippen LogP contribution >= 0.6 is 11.3 Å². The van der Waals surface area contributed by atoms with Crippen LogP contribution in [0.3, 0.4) is 0 Å². The molecular weight excluding hydrogens is 373 g/mol. The predicted octanol–water partition coefficient (Wildman–Crippen LogP) is 2.01. The predicted molar refractivity (Wildman–Crippen MR) is 93.6 cm³/mol. The Morgan fingerprint density at radius 3 is 2.93 bits per heavy atom. The van der Waals surface area contributed by atoms with Crippen molar-refractivity contribution >= 4 is 28.5 Å². The van der Waals surface area contributed by atoms with E-state index >= 15 is 0 Å². The summed E-state index contributed by atoms with van der Waals surface area (Å²) in [5.41, 5.74) is -0.186. The van der Waals surface area contributed by atoms with E-state index in [1.807, 2.05) is 0 Å². The number of urea groups is 1. The summed E-state index contributed by atoms with van der Waals surface area (Å²) in [6.45, 7) is 0.137. The Bertz CT molecular complexity index is 939. The second-order valence-corrected chi connectivity index (χ2v) is 7.13. The van der Waals surface area contributed by atoms with Crippen molar-refractivity contribution in [3.8, 4) is 12.3 Å². The number of rotatable bonds is 5. The summed E-state index contributed by atoms with van der Waals surface area (Å²) in [6, 6.07) is 3.39. The maximum Gasteiger partial charge on any atom is 0.359 e. The summed E-state index contributed by atoms with van der Waals surface area (Å²) in [7, 11) is 0. The summed E-state index contributed by atoms with van der Waals surface area (Å²) >= 11 is 1.29. The number of hydrogen-bond acceptors (Lipinski definition) is 7. The van der Waals surface area contributed by atoms with Gasteiger partial charge in [-0.2, -0.15) is 4.39 Å². The van der Waals surface area contributed by atoms with E-state index in [2.05, 4.69) is 21.1 Å². The minimum atomic E-state index is -0.955. The highest BCUT2D eigenvalue weighted by Crippen LogP contribution is 2.43. The lowest BCUT2D eigenvalue weighted by Gasteiger charge is -2.19. The number of nitrogens with zero attached hydrogens (tertiary/aromatic N) is 5. The summed E-state index contributed by atoms with van der Waals surface area (Å²) in [5.74, 6) is 1.15. The topological polar surface area (TPSA) is 88.5 Å². The monoisotopic (exact) mass is 387 g/mol. The molecule has 0 N–H and O–H groups in total. The standard InChI is InChI=1S/C17H14FN5O3S/c1-2-8-22-9-13(26-15(24)11-4-3-5-12(18)19-11)23(17(22)25)16-21-20-14(27-16)10-6-7-10/h1,3-5,10,13H,6-9H2. The number of pyridine rings is 1. The molecule has 0 bridgehead atoms. The fourth-order valence-electron chi connectivity index (χ4n) is 2.69. The van der Waals surface area contributed by atoms with E-state index in [0.717, 1.165) is 23.9 Å². The number of ether oxygens (including phenoxy) is 1. The average Bonchev–Trinajstić information content (AvgIpc) is 3.31. The highest BCUT2D eigenvalue weighted by Gasteiger charge is 2.43. The van der Waals surface area contributed by atoms with E-state index in [0.29, 0.717) is 11.0 Å². The molecule has 2 aliphatic rings. The third-order valence-electron chi connectivity index (χ3n) is 4.15. The van der Waals surface area contributed by atoms with Crippen molar-refractivity contribution < 1.29 is 18.7 Å². The zero-order valence-electron chi connectivity index (χ0n) is 14.0. The van der Waals surface area contributed by atoms with Crippen molar-refractivity contribution in [2.45, 2.75) is 25.0 Å². The van der Waals surface area contributed by atoms with Crippen LogP contribution in [0.4, 0.5) is 14.3 Å². The van der Waals surface area contributed by atoms with Crippen LogP contribution in [0.15, 0.2) is 18.2 Å². The SMILES string of the molecule is C#CCN1CC(OC(=O)c2cccc(F)n2)N(c2nnc(C3CC3)s2)C1=O. The van der Waals surface area contributed by atoms with Crippen LogP contribution in [-0.2, 0) is 4.74 Å². The smallest absolute Gasteiger partial charge is 0.359 e. The second-order valence-electron chi connectivity index (χ2n) is 6.14. The molecule has 1 unspecified atom stereocenters. The number of halogens is 1. The van der Waals surface area contributed by atoms with Crippen molar-refractivity contribution in [3.05, 3.63) is 34.8 Å². The number of hydrogen-bond donors (Lipinski definition) is 0. The number of terminal acetylenes is 1. The molecule has 2 fully saturated rings. The molecule has 1 aliphatic heterocycles. The Morgan fingerprint density at radius 1 is 1.41 bits per heavy atom. The van der Waals surface area contributed by atoms with E-state index < -0.39 is 24.2 Å². The molecule has 1 atom stereocenters. The van der Waals surface area contributed by atoms with Gasteiger partial charge in [-0.05, 0) is 25.0 Å². The van der Waals surface area contributed by atoms with Gasteiger partial charge in [-0.1, -0.05) is 23.3 Å². The van der Waals surface area contributed by atoms with E-state index in [1.165, 1.54) is 33.3 Å². The first kappa shape index (κ1) is 17.4. The van der Waals surface area contributed by atoms with Crippen LogP contribution in [0.1, 0.15) is 34.3 Å². The molecule has 10 heteroatoms. The first-order valence-corrected chi connectivity index (χ1v) is 9.07. The Balaban J connectivity index is 1.58. The minimum absolute atomic E-state index is 0.0654. The molecule has 1 saturated carbocycles. The van der Waals surface area contributed by atoms with Crippen molar-refractivity contribution in [2.24, 2.45) is 0 Å². The first-order chi connectivity index (χ1) is 13.1. The summed E-state index contributed by atoms with van der Waals surface area (Å²) in [6.07, 6.45) is 6.46. The van der Waals surface area contributed by atoms with E-state index in [9.17, 15) is 14.0 Å². The van der Waals surface area contributed by atoms with Gasteiger partial charge < -0.3 is 9.64 Å². The molecule has 2 aromatic heterocycles. The quantitative estimate of drug-likeness (QED) is 0.443. The molecular formula is C17H14FN5O3S. The highest BCUT2D eigenvalue weighted by molar-refractivity contribution is 7.15. The first-order valence-electron chi connectivity index (χ1n) is 8.25. The van der Waals surface area contributed by atoms with E-state index in [4.69, 9.17) is 11.2 Å². The van der Waals surface area contributed by atoms with Crippen LogP contribution in [0.25, 0.3) is 0 Å². The van der Waals surface area contributed by atoms with E-state index in [1.54, 1.807) is 0 Å². The molecule has 2 amide bonds. The molecule has 2 aromatic rings. The molecule has 138 valence electrons. The van der Waals surface area contributed by atoms with Crippen molar-refractivity contribution in [1.29, 1.82) is 0 Å². The van der Waals surface area contributed by atoms with Gasteiger partial charge in [0, 0.05) is 5.92 Å². The zero-order chi connectivity index (χ0) is 19.0. The molecule has 0 spiro atoms. The number of amides is 2. The fourth-order valence-corrected chi connectivity index (χ4v) is 3.73. The number of carbonyl (C=O) groups excluding carboxylic acids is 2. The second kappa shape index (κ2) is 6.92. The van der Waals surface area contributed by atoms with E-state index in [-0.39, 0.29) is 18.8 Å². The lowest BCUT2D eigenvalue weighted by Crippen LogP contribution is -2.37. The third-order valence-corrected chi connectivity index (χ3v) is 5.24. The normalized spacial score (nSPS) is 19.3. The Morgan fingerprint density at radius 2 is 2.22 bits per heavy atom. The van der Waals surface area contributed by atoms with Crippen LogP contribution in [0.2, 0.25) is 0 Å². The van der Waals surface area contributed by atoms with Gasteiger partial charge in [-0.3, -0.25) is 0 Å². The van der Waals surface area contributed by atoms with Crippen molar-refractivity contribution in [1.82, 2.24) is 20.1 Å². The molecule has 3 heterocycles. The van der Waals surface area contributed by atoms with Gasteiger partial charge in [-0.25, -0.2) is 19.5 Å². The average molecular weight is 387 g/mol. The Hall–Kier alpha value is -3.06. The number of aromatic nitrogens is 3. The fraction of sp³-hybridized carbons (Fsp3) is 0.353. The van der Waals surface area contributed by atoms with Crippen molar-refractivity contribution in [2.75, 3.05) is 18.0 Å². The molecule has 0 aromatic carbocycles. The Kier molecular flexibility index (Phi) is 4.45. The van der Waals surface area contributed by atoms with Crippen LogP contribution < -0.4 is 4.90 Å². The molecule has 4 rings (SSSR count). The highest BCUT2D eigenvalue weighted by atomic mass is 32.1. The summed E-state index contributed by atoms with van der Waals surface area (Å²) in [4.78, 5) is 31.2. The summed E-state index contributed by atoms with van der Waals surface area (Å²) in [5, 5.41) is 9.39. The third kappa shape index (κ3) is 3.46. The largest absolute Gasteiger partial charge is 0.434 e. The summed E-state index contributed by atoms with van der Waals surface area (Å²) < 4.78 is 18.7. The van der Waals surface area contributed by atoms with Gasteiger partial charge in [0.1, 0.15) is 5.01 Å². The van der Waals surface area contributed by atoms with Gasteiger partial charge in [0.05, 0.1) is 13.1 Å². The molecule has 27 heavy (non-hydrogen) atoms. The maximum absolute atomic E-state index is 13.3. The number of esters is 1. The number of anilines is 1. The van der Waals surface area contributed by atoms with Crippen LogP contribution in [0.5, 0.6) is 0 Å². The molecule has 0 radical (unpaired) electrons. The minimum Gasteiger partial charge on any atom is -0.434 e. The lowest BCUT2D eigenvalue weighted by molar-refractivity contribution is 0.0320. The van der Waals surface area contributed by atoms with Gasteiger partial charge in [0.25, 0.3) is 0 Å². The van der Waals surface area contributed by atoms with Crippen LogP contribution in [0, 0.1) is 18.3 Å². The number of carbonyl (C=O) groups is 2. The van der Waals surface area contributed by atoms with Gasteiger partial charge in [-0.15, -0.1) is 16.6 Å². The van der Waals surface area contributed by atoms with Crippen LogP contribution in [-0.4, -0.2) is 51.4 Å². The molecule has 1 aliphatic carbocycles. The lowest BCUT2D eigenvalue weighted by atomic mass is 10.3.